The predicted octanol–water partition coefficient (Wildman–Crippen LogP) is 1.83. The topological polar surface area (TPSA) is 102 Å². The number of Topliss-reactive ketones (excluding diaryl/α,β-unsaturated/α-hetero) is 1. The van der Waals surface area contributed by atoms with E-state index in [9.17, 15) is 19.1 Å². The number of ether oxygens (including phenoxy) is 1. The molecule has 1 aromatic carbocycles. The number of aromatic nitrogens is 2. The number of nitrogens with zero attached hydrogens (tertiary/aromatic N) is 2. The molecule has 0 aliphatic heterocycles. The van der Waals surface area contributed by atoms with Crippen LogP contribution in [0.3, 0.4) is 0 Å². The van der Waals surface area contributed by atoms with Crippen LogP contribution in [0.2, 0.25) is 5.02 Å². The Labute approximate surface area is 134 Å². The molecule has 7 nitrogen and oxygen atoms in total. The van der Waals surface area contributed by atoms with Gasteiger partial charge in [0.05, 0.1) is 22.8 Å². The Kier molecular flexibility index (Phi) is 4.97. The largest absolute Gasteiger partial charge is 0.493 e. The number of rotatable bonds is 6. The van der Waals surface area contributed by atoms with Crippen molar-refractivity contribution in [1.29, 1.82) is 0 Å². The molecular formula is C14H12ClFN2O5. The Morgan fingerprint density at radius 2 is 2.13 bits per heavy atom. The standard InChI is InChI=1S/C14H12ClFN2O5/c1-23-6-11(19)13-9(5-12(20)21)17-18(14(13)22)10-3-2-7(16)4-8(10)15/h2-4,22H,5-6H2,1H3,(H,20,21). The van der Waals surface area contributed by atoms with Gasteiger partial charge in [-0.15, -0.1) is 0 Å². The van der Waals surface area contributed by atoms with Crippen LogP contribution >= 0.6 is 11.6 Å². The van der Waals surface area contributed by atoms with Crippen molar-refractivity contribution >= 4 is 23.4 Å². The van der Waals surface area contributed by atoms with Crippen molar-refractivity contribution in [2.24, 2.45) is 0 Å². The molecule has 0 bridgehead atoms. The normalized spacial score (nSPS) is 10.7. The fourth-order valence-electron chi connectivity index (χ4n) is 2.03. The summed E-state index contributed by atoms with van der Waals surface area (Å²) in [5, 5.41) is 23.0. The van der Waals surface area contributed by atoms with Gasteiger partial charge in [0.2, 0.25) is 5.88 Å². The summed E-state index contributed by atoms with van der Waals surface area (Å²) in [4.78, 5) is 22.9. The van der Waals surface area contributed by atoms with Gasteiger partial charge in [0.15, 0.2) is 5.78 Å². The average Bonchev–Trinajstić information content (AvgIpc) is 2.75. The third-order valence-corrected chi connectivity index (χ3v) is 3.25. The van der Waals surface area contributed by atoms with Crippen molar-refractivity contribution in [2.75, 3.05) is 13.7 Å². The highest BCUT2D eigenvalue weighted by atomic mass is 35.5. The number of carboxylic acids is 1. The van der Waals surface area contributed by atoms with Gasteiger partial charge in [0.25, 0.3) is 0 Å². The monoisotopic (exact) mass is 342 g/mol. The summed E-state index contributed by atoms with van der Waals surface area (Å²) < 4.78 is 18.7. The molecule has 0 spiro atoms. The van der Waals surface area contributed by atoms with Gasteiger partial charge in [-0.3, -0.25) is 9.59 Å². The van der Waals surface area contributed by atoms with E-state index < -0.39 is 29.9 Å². The summed E-state index contributed by atoms with van der Waals surface area (Å²) in [5.74, 6) is -3.04. The Balaban J connectivity index is 2.61. The molecule has 2 N–H and O–H groups in total. The van der Waals surface area contributed by atoms with Gasteiger partial charge in [0.1, 0.15) is 18.0 Å². The molecular weight excluding hydrogens is 331 g/mol. The second-order valence-electron chi connectivity index (χ2n) is 4.58. The number of ketones is 1. The molecule has 0 unspecified atom stereocenters. The number of carbonyl (C=O) groups is 2. The van der Waals surface area contributed by atoms with Gasteiger partial charge in [-0.1, -0.05) is 11.6 Å². The van der Waals surface area contributed by atoms with Crippen LogP contribution in [-0.2, 0) is 16.0 Å². The van der Waals surface area contributed by atoms with E-state index in [1.165, 1.54) is 13.2 Å². The second kappa shape index (κ2) is 6.76. The molecule has 1 aromatic heterocycles. The Bertz CT molecular complexity index is 775. The van der Waals surface area contributed by atoms with Gasteiger partial charge in [-0.05, 0) is 18.2 Å². The Hall–Kier alpha value is -2.45. The second-order valence-corrected chi connectivity index (χ2v) is 4.99. The van der Waals surface area contributed by atoms with Crippen molar-refractivity contribution in [2.45, 2.75) is 6.42 Å². The molecule has 9 heteroatoms. The van der Waals surface area contributed by atoms with Gasteiger partial charge in [-0.25, -0.2) is 4.39 Å². The van der Waals surface area contributed by atoms with E-state index in [-0.39, 0.29) is 28.6 Å². The van der Waals surface area contributed by atoms with E-state index >= 15 is 0 Å². The Morgan fingerprint density at radius 3 is 2.70 bits per heavy atom. The molecule has 0 saturated heterocycles. The van der Waals surface area contributed by atoms with E-state index in [0.29, 0.717) is 0 Å². The van der Waals surface area contributed by atoms with Gasteiger partial charge < -0.3 is 14.9 Å². The minimum Gasteiger partial charge on any atom is -0.493 e. The number of methoxy groups -OCH3 is 1. The van der Waals surface area contributed by atoms with Crippen LogP contribution in [0.5, 0.6) is 5.88 Å². The fraction of sp³-hybridized carbons (Fsp3) is 0.214. The first-order valence-corrected chi connectivity index (χ1v) is 6.73. The van der Waals surface area contributed by atoms with Gasteiger partial charge in [0, 0.05) is 7.11 Å². The van der Waals surface area contributed by atoms with Crippen LogP contribution < -0.4 is 0 Å². The zero-order chi connectivity index (χ0) is 17.1. The molecule has 0 aliphatic carbocycles. The molecule has 0 fully saturated rings. The first-order chi connectivity index (χ1) is 10.8. The summed E-state index contributed by atoms with van der Waals surface area (Å²) in [6.45, 7) is -0.358. The quantitative estimate of drug-likeness (QED) is 0.776. The smallest absolute Gasteiger partial charge is 0.309 e. The van der Waals surface area contributed by atoms with Crippen LogP contribution in [0.1, 0.15) is 16.1 Å². The summed E-state index contributed by atoms with van der Waals surface area (Å²) in [6.07, 6.45) is -0.579. The molecule has 0 saturated carbocycles. The molecule has 23 heavy (non-hydrogen) atoms. The summed E-state index contributed by atoms with van der Waals surface area (Å²) in [6, 6.07) is 3.35. The van der Waals surface area contributed by atoms with Crippen LogP contribution in [0.4, 0.5) is 4.39 Å². The molecule has 0 atom stereocenters. The van der Waals surface area contributed by atoms with Crippen molar-refractivity contribution in [3.05, 3.63) is 40.3 Å². The lowest BCUT2D eigenvalue weighted by Gasteiger charge is -2.06. The lowest BCUT2D eigenvalue weighted by Crippen LogP contribution is -2.11. The first kappa shape index (κ1) is 16.9. The van der Waals surface area contributed by atoms with E-state index in [2.05, 4.69) is 5.10 Å². The first-order valence-electron chi connectivity index (χ1n) is 6.35. The number of carboxylic acid groups (broad SMARTS) is 1. The number of aromatic hydroxyl groups is 1. The maximum atomic E-state index is 13.1. The molecule has 0 radical (unpaired) electrons. The van der Waals surface area contributed by atoms with Crippen LogP contribution in [0.15, 0.2) is 18.2 Å². The average molecular weight is 343 g/mol. The predicted molar refractivity (Wildman–Crippen MR) is 77.7 cm³/mol. The number of aliphatic carboxylic acids is 1. The zero-order valence-electron chi connectivity index (χ0n) is 11.9. The zero-order valence-corrected chi connectivity index (χ0v) is 12.7. The number of hydrogen-bond donors (Lipinski definition) is 2. The van der Waals surface area contributed by atoms with Crippen LogP contribution in [0, 0.1) is 5.82 Å². The molecule has 2 aromatic rings. The lowest BCUT2D eigenvalue weighted by molar-refractivity contribution is -0.136. The van der Waals surface area contributed by atoms with Crippen LogP contribution in [0.25, 0.3) is 5.69 Å². The highest BCUT2D eigenvalue weighted by Gasteiger charge is 2.26. The third kappa shape index (κ3) is 3.49. The summed E-state index contributed by atoms with van der Waals surface area (Å²) in [5.41, 5.74) is -0.305. The molecule has 0 aliphatic rings. The van der Waals surface area contributed by atoms with E-state index in [4.69, 9.17) is 21.4 Å². The lowest BCUT2D eigenvalue weighted by atomic mass is 10.1. The maximum absolute atomic E-state index is 13.1. The molecule has 0 amide bonds. The Morgan fingerprint density at radius 1 is 1.43 bits per heavy atom. The van der Waals surface area contributed by atoms with Crippen molar-refractivity contribution in [1.82, 2.24) is 9.78 Å². The van der Waals surface area contributed by atoms with E-state index in [1.54, 1.807) is 0 Å². The van der Waals surface area contributed by atoms with Gasteiger partial charge in [-0.2, -0.15) is 9.78 Å². The van der Waals surface area contributed by atoms with Crippen molar-refractivity contribution in [3.8, 4) is 11.6 Å². The minimum absolute atomic E-state index is 0.0598. The van der Waals surface area contributed by atoms with E-state index in [0.717, 1.165) is 16.8 Å². The van der Waals surface area contributed by atoms with E-state index in [1.807, 2.05) is 0 Å². The number of hydrogen-bond acceptors (Lipinski definition) is 5. The maximum Gasteiger partial charge on any atom is 0.309 e. The number of halogens is 2. The molecule has 1 heterocycles. The number of benzene rings is 1. The van der Waals surface area contributed by atoms with Crippen molar-refractivity contribution in [3.63, 3.8) is 0 Å². The summed E-state index contributed by atoms with van der Waals surface area (Å²) >= 11 is 5.91. The highest BCUT2D eigenvalue weighted by Crippen LogP contribution is 2.30. The fourth-order valence-corrected chi connectivity index (χ4v) is 2.28. The SMILES string of the molecule is COCC(=O)c1c(CC(=O)O)nn(-c2ccc(F)cc2Cl)c1O. The van der Waals surface area contributed by atoms with Crippen molar-refractivity contribution < 1.29 is 28.9 Å². The third-order valence-electron chi connectivity index (χ3n) is 2.94. The highest BCUT2D eigenvalue weighted by molar-refractivity contribution is 6.32. The molecule has 2 rings (SSSR count). The van der Waals surface area contributed by atoms with Gasteiger partial charge >= 0.3 is 5.97 Å². The number of carbonyl (C=O) groups excluding carboxylic acids is 1. The minimum atomic E-state index is -1.23. The summed E-state index contributed by atoms with van der Waals surface area (Å²) in [7, 11) is 1.28. The van der Waals surface area contributed by atoms with Crippen LogP contribution in [-0.4, -0.2) is 45.5 Å². The molecule has 122 valence electrons.